The highest BCUT2D eigenvalue weighted by Crippen LogP contribution is 2.30. The van der Waals surface area contributed by atoms with E-state index in [2.05, 4.69) is 4.98 Å². The lowest BCUT2D eigenvalue weighted by atomic mass is 10.0. The number of hydrogen-bond donors (Lipinski definition) is 2. The minimum absolute atomic E-state index is 0.210. The van der Waals surface area contributed by atoms with Crippen molar-refractivity contribution in [3.8, 4) is 0 Å². The van der Waals surface area contributed by atoms with E-state index in [0.717, 1.165) is 53.9 Å². The fourth-order valence-corrected chi connectivity index (χ4v) is 4.89. The summed E-state index contributed by atoms with van der Waals surface area (Å²) in [4.78, 5) is 8.52. The third-order valence-corrected chi connectivity index (χ3v) is 6.95. The van der Waals surface area contributed by atoms with Crippen LogP contribution in [0.15, 0.2) is 91.0 Å². The molecule has 0 bridgehead atoms. The summed E-state index contributed by atoms with van der Waals surface area (Å²) in [6.45, 7) is 0.899. The van der Waals surface area contributed by atoms with Gasteiger partial charge in [0.1, 0.15) is 24.1 Å². The van der Waals surface area contributed by atoms with Gasteiger partial charge in [-0.3, -0.25) is 0 Å². The number of aromatic amines is 1. The second-order valence-electron chi connectivity index (χ2n) is 9.75. The molecule has 5 rings (SSSR count). The quantitative estimate of drug-likeness (QED) is 0.240. The molecule has 0 saturated heterocycles. The summed E-state index contributed by atoms with van der Waals surface area (Å²) in [5, 5.41) is 10.5. The van der Waals surface area contributed by atoms with Crippen molar-refractivity contribution in [2.24, 2.45) is 0 Å². The lowest BCUT2D eigenvalue weighted by Crippen LogP contribution is -2.40. The molecular formula is C32H36N2O4. The number of nitrogens with one attached hydrogen (secondary N) is 1. The van der Waals surface area contributed by atoms with Gasteiger partial charge in [-0.15, -0.1) is 0 Å². The van der Waals surface area contributed by atoms with Gasteiger partial charge in [0, 0.05) is 5.69 Å². The van der Waals surface area contributed by atoms with E-state index in [9.17, 15) is 5.11 Å². The first-order valence-corrected chi connectivity index (χ1v) is 13.4. The summed E-state index contributed by atoms with van der Waals surface area (Å²) in [5.74, 6) is 0.729. The van der Waals surface area contributed by atoms with Gasteiger partial charge >= 0.3 is 0 Å². The Kier molecular flexibility index (Phi) is 9.34. The Hall–Kier alpha value is -3.29. The first-order chi connectivity index (χ1) is 18.8. The van der Waals surface area contributed by atoms with Gasteiger partial charge in [-0.25, -0.2) is 4.98 Å². The normalized spacial score (nSPS) is 15.5. The highest BCUT2D eigenvalue weighted by molar-refractivity contribution is 5.20. The Balaban J connectivity index is 1.44. The summed E-state index contributed by atoms with van der Waals surface area (Å²) in [5.41, 5.74) is 5.40. The highest BCUT2D eigenvalue weighted by atomic mass is 16.6. The first kappa shape index (κ1) is 26.3. The Bertz CT molecular complexity index is 1210. The summed E-state index contributed by atoms with van der Waals surface area (Å²) < 4.78 is 19.4. The van der Waals surface area contributed by atoms with Gasteiger partial charge < -0.3 is 24.3 Å². The van der Waals surface area contributed by atoms with E-state index in [1.165, 1.54) is 5.69 Å². The molecule has 3 atom stereocenters. The maximum absolute atomic E-state index is 10.5. The van der Waals surface area contributed by atoms with Crippen molar-refractivity contribution in [2.75, 3.05) is 6.61 Å². The average molecular weight is 513 g/mol. The molecule has 0 spiro atoms. The van der Waals surface area contributed by atoms with Crippen LogP contribution in [0.4, 0.5) is 0 Å². The van der Waals surface area contributed by atoms with E-state index in [0.29, 0.717) is 19.8 Å². The van der Waals surface area contributed by atoms with Gasteiger partial charge in [0.15, 0.2) is 0 Å². The van der Waals surface area contributed by atoms with E-state index in [4.69, 9.17) is 19.2 Å². The number of ether oxygens (including phenoxy) is 3. The van der Waals surface area contributed by atoms with Crippen LogP contribution >= 0.6 is 0 Å². The molecule has 3 aromatic carbocycles. The molecule has 0 saturated carbocycles. The van der Waals surface area contributed by atoms with Crippen LogP contribution in [0.1, 0.15) is 52.8 Å². The number of nitrogens with zero attached hydrogens (tertiary/aromatic N) is 1. The van der Waals surface area contributed by atoms with Gasteiger partial charge in [0.05, 0.1) is 32.1 Å². The monoisotopic (exact) mass is 512 g/mol. The molecule has 6 heteroatoms. The number of aliphatic hydroxyl groups excluding tert-OH is 1. The molecule has 2 N–H and O–H groups in total. The van der Waals surface area contributed by atoms with Crippen LogP contribution < -0.4 is 0 Å². The molecule has 0 unspecified atom stereocenters. The third kappa shape index (κ3) is 6.97. The smallest absolute Gasteiger partial charge is 0.144 e. The van der Waals surface area contributed by atoms with Crippen molar-refractivity contribution in [3.63, 3.8) is 0 Å². The summed E-state index contributed by atoms with van der Waals surface area (Å²) in [7, 11) is 0. The standard InChI is InChI=1S/C32H36N2O4/c35-20-29(36-21-24-12-4-1-5-13-24)30(37-22-25-14-6-2-7-15-25)31(38-23-26-16-8-3-9-17-26)32-33-27-18-10-11-19-28(27)34-32/h1-9,12-17,29-31,35H,10-11,18-23H2,(H,33,34)/t29-,30-,31+/m0/s1. The van der Waals surface area contributed by atoms with Gasteiger partial charge in [0.25, 0.3) is 0 Å². The summed E-state index contributed by atoms with van der Waals surface area (Å²) in [6, 6.07) is 30.1. The molecule has 1 aliphatic carbocycles. The van der Waals surface area contributed by atoms with Crippen LogP contribution in [0.5, 0.6) is 0 Å². The minimum atomic E-state index is -0.623. The van der Waals surface area contributed by atoms with Gasteiger partial charge in [-0.05, 0) is 42.4 Å². The van der Waals surface area contributed by atoms with Crippen molar-refractivity contribution in [3.05, 3.63) is 125 Å². The second kappa shape index (κ2) is 13.5. The molecular weight excluding hydrogens is 476 g/mol. The van der Waals surface area contributed by atoms with Crippen molar-refractivity contribution in [2.45, 2.75) is 63.8 Å². The minimum Gasteiger partial charge on any atom is -0.394 e. The van der Waals surface area contributed by atoms with Gasteiger partial charge in [-0.1, -0.05) is 91.0 Å². The van der Waals surface area contributed by atoms with Crippen LogP contribution in [0.3, 0.4) is 0 Å². The molecule has 198 valence electrons. The molecule has 38 heavy (non-hydrogen) atoms. The molecule has 4 aromatic rings. The first-order valence-electron chi connectivity index (χ1n) is 13.4. The lowest BCUT2D eigenvalue weighted by molar-refractivity contribution is -0.165. The van der Waals surface area contributed by atoms with Crippen LogP contribution in [0, 0.1) is 0 Å². The largest absolute Gasteiger partial charge is 0.394 e. The van der Waals surface area contributed by atoms with E-state index in [1.54, 1.807) is 0 Å². The molecule has 6 nitrogen and oxygen atoms in total. The fourth-order valence-electron chi connectivity index (χ4n) is 4.89. The molecule has 0 fully saturated rings. The van der Waals surface area contributed by atoms with Crippen LogP contribution in [-0.2, 0) is 46.9 Å². The topological polar surface area (TPSA) is 76.6 Å². The number of benzene rings is 3. The average Bonchev–Trinajstić information content (AvgIpc) is 3.41. The second-order valence-corrected chi connectivity index (χ2v) is 9.75. The predicted molar refractivity (Wildman–Crippen MR) is 146 cm³/mol. The molecule has 0 radical (unpaired) electrons. The summed E-state index contributed by atoms with van der Waals surface area (Å²) >= 11 is 0. The third-order valence-electron chi connectivity index (χ3n) is 6.95. The zero-order valence-corrected chi connectivity index (χ0v) is 21.7. The molecule has 1 aromatic heterocycles. The predicted octanol–water partition coefficient (Wildman–Crippen LogP) is 5.71. The van der Waals surface area contributed by atoms with Crippen LogP contribution in [0.25, 0.3) is 0 Å². The maximum atomic E-state index is 10.5. The highest BCUT2D eigenvalue weighted by Gasteiger charge is 2.36. The molecule has 0 aliphatic heterocycles. The zero-order chi connectivity index (χ0) is 26.0. The van der Waals surface area contributed by atoms with Crippen molar-refractivity contribution >= 4 is 0 Å². The number of H-pyrrole nitrogens is 1. The number of aromatic nitrogens is 2. The maximum Gasteiger partial charge on any atom is 0.144 e. The van der Waals surface area contributed by atoms with Crippen molar-refractivity contribution in [1.29, 1.82) is 0 Å². The summed E-state index contributed by atoms with van der Waals surface area (Å²) in [6.07, 6.45) is 2.45. The Morgan fingerprint density at radius 3 is 1.76 bits per heavy atom. The molecule has 0 amide bonds. The van der Waals surface area contributed by atoms with E-state index < -0.39 is 18.3 Å². The van der Waals surface area contributed by atoms with E-state index in [1.807, 2.05) is 91.0 Å². The van der Waals surface area contributed by atoms with Crippen molar-refractivity contribution in [1.82, 2.24) is 9.97 Å². The SMILES string of the molecule is OC[C@H](OCc1ccccc1)[C@H](OCc1ccccc1)[C@@H](OCc1ccccc1)c1nc2c([nH]1)CCCC2. The van der Waals surface area contributed by atoms with E-state index >= 15 is 0 Å². The Labute approximate surface area is 224 Å². The Morgan fingerprint density at radius 1 is 0.684 bits per heavy atom. The van der Waals surface area contributed by atoms with Crippen molar-refractivity contribution < 1.29 is 19.3 Å². The number of hydrogen-bond acceptors (Lipinski definition) is 5. The molecule has 1 heterocycles. The zero-order valence-electron chi connectivity index (χ0n) is 21.7. The van der Waals surface area contributed by atoms with Crippen LogP contribution in [-0.4, -0.2) is 33.9 Å². The van der Waals surface area contributed by atoms with E-state index in [-0.39, 0.29) is 6.61 Å². The lowest BCUT2D eigenvalue weighted by Gasteiger charge is -2.32. The number of imidazole rings is 1. The Morgan fingerprint density at radius 2 is 1.21 bits per heavy atom. The van der Waals surface area contributed by atoms with Gasteiger partial charge in [0.2, 0.25) is 0 Å². The van der Waals surface area contributed by atoms with Crippen LogP contribution in [0.2, 0.25) is 0 Å². The fraction of sp³-hybridized carbons (Fsp3) is 0.344. The number of aliphatic hydroxyl groups is 1. The van der Waals surface area contributed by atoms with Gasteiger partial charge in [-0.2, -0.15) is 0 Å². The number of fused-ring (bicyclic) bond motifs is 1. The number of rotatable bonds is 13. The molecule has 1 aliphatic rings. The number of aryl methyl sites for hydroxylation is 2.